The molecule has 1 fully saturated rings. The molecule has 3 rings (SSSR count). The van der Waals surface area contributed by atoms with E-state index in [-0.39, 0.29) is 24.8 Å². The van der Waals surface area contributed by atoms with Crippen molar-refractivity contribution in [3.05, 3.63) is 41.9 Å². The van der Waals surface area contributed by atoms with Gasteiger partial charge in [0.05, 0.1) is 5.92 Å². The summed E-state index contributed by atoms with van der Waals surface area (Å²) in [6.45, 7) is 0.195. The van der Waals surface area contributed by atoms with Crippen molar-refractivity contribution >= 4 is 5.91 Å². The zero-order chi connectivity index (χ0) is 18.7. The quantitative estimate of drug-likeness (QED) is 0.771. The number of alkyl halides is 3. The Morgan fingerprint density at radius 3 is 2.77 bits per heavy atom. The Morgan fingerprint density at radius 2 is 2.08 bits per heavy atom. The summed E-state index contributed by atoms with van der Waals surface area (Å²) in [6, 6.07) is 5.69. The van der Waals surface area contributed by atoms with Crippen molar-refractivity contribution in [1.82, 2.24) is 15.1 Å². The minimum Gasteiger partial charge on any atom is -0.481 e. The fraction of sp³-hybridized carbons (Fsp3) is 0.438. The summed E-state index contributed by atoms with van der Waals surface area (Å²) in [4.78, 5) is 13.7. The summed E-state index contributed by atoms with van der Waals surface area (Å²) in [5, 5.41) is 6.46. The average molecular weight is 373 g/mol. The number of hydrogen-bond acceptors (Lipinski definition) is 5. The lowest BCUT2D eigenvalue weighted by Gasteiger charge is -2.31. The first kappa shape index (κ1) is 18.2. The first-order valence-corrected chi connectivity index (χ1v) is 7.90. The Balaban J connectivity index is 1.60. The maximum atomic E-state index is 13.5. The number of rotatable bonds is 4. The minimum atomic E-state index is -4.71. The van der Waals surface area contributed by atoms with Crippen LogP contribution in [0.25, 0.3) is 0 Å². The molecular formula is C16H15F4N3O3. The molecule has 1 unspecified atom stereocenters. The van der Waals surface area contributed by atoms with E-state index in [1.807, 2.05) is 0 Å². The van der Waals surface area contributed by atoms with Crippen molar-refractivity contribution < 1.29 is 31.5 Å². The number of carbonyl (C=O) groups is 1. The van der Waals surface area contributed by atoms with E-state index in [0.29, 0.717) is 19.4 Å². The standard InChI is InChI=1S/C16H15F4N3O3/c17-11-5-1-2-6-12(11)25-9-13(24)23-7-3-4-10(8-23)14-21-22-15(26-14)16(18,19)20/h1-2,5-6,10H,3-4,7-9H2. The Morgan fingerprint density at radius 1 is 1.31 bits per heavy atom. The highest BCUT2D eigenvalue weighted by Gasteiger charge is 2.39. The molecule has 1 aromatic carbocycles. The van der Waals surface area contributed by atoms with Crippen LogP contribution in [0.1, 0.15) is 30.5 Å². The first-order valence-electron chi connectivity index (χ1n) is 7.90. The number of likely N-dealkylation sites (tertiary alicyclic amines) is 1. The third-order valence-corrected chi connectivity index (χ3v) is 3.99. The predicted octanol–water partition coefficient (Wildman–Crippen LogP) is 3.01. The third-order valence-electron chi connectivity index (χ3n) is 3.99. The van der Waals surface area contributed by atoms with Gasteiger partial charge in [0.25, 0.3) is 5.91 Å². The normalized spacial score (nSPS) is 18.0. The van der Waals surface area contributed by atoms with Crippen LogP contribution >= 0.6 is 0 Å². The molecule has 6 nitrogen and oxygen atoms in total. The average Bonchev–Trinajstić information content (AvgIpc) is 3.11. The lowest BCUT2D eigenvalue weighted by molar-refractivity contribution is -0.157. The number of carbonyl (C=O) groups excluding carboxylic acids is 1. The number of amides is 1. The van der Waals surface area contributed by atoms with Gasteiger partial charge in [0.2, 0.25) is 5.89 Å². The molecule has 0 spiro atoms. The predicted molar refractivity (Wildman–Crippen MR) is 79.8 cm³/mol. The number of benzene rings is 1. The van der Waals surface area contributed by atoms with Crippen LogP contribution in [0, 0.1) is 5.82 Å². The molecule has 10 heteroatoms. The number of aromatic nitrogens is 2. The molecule has 0 radical (unpaired) electrons. The van der Waals surface area contributed by atoms with Gasteiger partial charge >= 0.3 is 12.1 Å². The van der Waals surface area contributed by atoms with Gasteiger partial charge in [-0.3, -0.25) is 4.79 Å². The highest BCUT2D eigenvalue weighted by atomic mass is 19.4. The molecule has 1 amide bonds. The number of hydrogen-bond donors (Lipinski definition) is 0. The van der Waals surface area contributed by atoms with E-state index in [0.717, 1.165) is 0 Å². The highest BCUT2D eigenvalue weighted by Crippen LogP contribution is 2.32. The monoisotopic (exact) mass is 373 g/mol. The van der Waals surface area contributed by atoms with Gasteiger partial charge in [-0.1, -0.05) is 12.1 Å². The molecule has 2 aromatic rings. The van der Waals surface area contributed by atoms with Crippen molar-refractivity contribution in [1.29, 1.82) is 0 Å². The van der Waals surface area contributed by atoms with Gasteiger partial charge in [0.1, 0.15) is 0 Å². The molecule has 1 aliphatic rings. The summed E-state index contributed by atoms with van der Waals surface area (Å²) in [5.74, 6) is -3.05. The molecule has 1 aromatic heterocycles. The second-order valence-electron chi connectivity index (χ2n) is 5.84. The van der Waals surface area contributed by atoms with Crippen molar-refractivity contribution in [2.45, 2.75) is 24.9 Å². The van der Waals surface area contributed by atoms with E-state index < -0.39 is 29.7 Å². The molecule has 0 aliphatic carbocycles. The van der Waals surface area contributed by atoms with Crippen LogP contribution < -0.4 is 4.74 Å². The molecule has 0 saturated carbocycles. The van der Waals surface area contributed by atoms with Gasteiger partial charge in [-0.2, -0.15) is 13.2 Å². The largest absolute Gasteiger partial charge is 0.481 e. The Labute approximate surface area is 145 Å². The van der Waals surface area contributed by atoms with E-state index in [9.17, 15) is 22.4 Å². The number of para-hydroxylation sites is 1. The van der Waals surface area contributed by atoms with Gasteiger partial charge in [-0.25, -0.2) is 4.39 Å². The van der Waals surface area contributed by atoms with E-state index >= 15 is 0 Å². The fourth-order valence-electron chi connectivity index (χ4n) is 2.71. The third kappa shape index (κ3) is 4.12. The second-order valence-corrected chi connectivity index (χ2v) is 5.84. The SMILES string of the molecule is O=C(COc1ccccc1F)N1CCCC(c2nnc(C(F)(F)F)o2)C1. The van der Waals surface area contributed by atoms with Gasteiger partial charge in [-0.15, -0.1) is 10.2 Å². The van der Waals surface area contributed by atoms with Crippen LogP contribution in [0.2, 0.25) is 0 Å². The summed E-state index contributed by atoms with van der Waals surface area (Å²) in [5.41, 5.74) is 0. The second kappa shape index (κ2) is 7.30. The zero-order valence-corrected chi connectivity index (χ0v) is 13.5. The van der Waals surface area contributed by atoms with Gasteiger partial charge in [-0.05, 0) is 25.0 Å². The Bertz CT molecular complexity index is 778. The number of ether oxygens (including phenoxy) is 1. The van der Waals surface area contributed by atoms with Gasteiger partial charge in [0.15, 0.2) is 18.2 Å². The smallest absolute Gasteiger partial charge is 0.470 e. The van der Waals surface area contributed by atoms with Gasteiger partial charge < -0.3 is 14.1 Å². The van der Waals surface area contributed by atoms with Crippen LogP contribution in [-0.2, 0) is 11.0 Å². The summed E-state index contributed by atoms with van der Waals surface area (Å²) in [6.07, 6.45) is -3.61. The van der Waals surface area contributed by atoms with E-state index in [4.69, 9.17) is 9.15 Å². The van der Waals surface area contributed by atoms with Crippen LogP contribution in [0.5, 0.6) is 5.75 Å². The maximum absolute atomic E-state index is 13.5. The summed E-state index contributed by atoms with van der Waals surface area (Å²) in [7, 11) is 0. The molecule has 1 aliphatic heterocycles. The van der Waals surface area contributed by atoms with Crippen molar-refractivity contribution in [2.24, 2.45) is 0 Å². The minimum absolute atomic E-state index is 0.0406. The van der Waals surface area contributed by atoms with Crippen LogP contribution in [-0.4, -0.2) is 40.7 Å². The van der Waals surface area contributed by atoms with Crippen molar-refractivity contribution in [2.75, 3.05) is 19.7 Å². The molecule has 1 atom stereocenters. The number of nitrogens with zero attached hydrogens (tertiary/aromatic N) is 3. The zero-order valence-electron chi connectivity index (χ0n) is 13.5. The van der Waals surface area contributed by atoms with E-state index in [2.05, 4.69) is 10.2 Å². The van der Waals surface area contributed by atoms with Crippen molar-refractivity contribution in [3.8, 4) is 5.75 Å². The molecule has 26 heavy (non-hydrogen) atoms. The summed E-state index contributed by atoms with van der Waals surface area (Å²) >= 11 is 0. The van der Waals surface area contributed by atoms with E-state index in [1.165, 1.54) is 23.1 Å². The fourth-order valence-corrected chi connectivity index (χ4v) is 2.71. The molecule has 140 valence electrons. The first-order chi connectivity index (χ1) is 12.3. The summed E-state index contributed by atoms with van der Waals surface area (Å²) < 4.78 is 61.0. The van der Waals surface area contributed by atoms with Crippen LogP contribution in [0.15, 0.2) is 28.7 Å². The van der Waals surface area contributed by atoms with Crippen LogP contribution in [0.3, 0.4) is 0 Å². The molecular weight excluding hydrogens is 358 g/mol. The molecule has 2 heterocycles. The lowest BCUT2D eigenvalue weighted by atomic mass is 9.98. The Hall–Kier alpha value is -2.65. The van der Waals surface area contributed by atoms with Gasteiger partial charge in [0, 0.05) is 13.1 Å². The van der Waals surface area contributed by atoms with Crippen molar-refractivity contribution in [3.63, 3.8) is 0 Å². The Kier molecular flexibility index (Phi) is 5.10. The van der Waals surface area contributed by atoms with E-state index in [1.54, 1.807) is 6.07 Å². The molecule has 0 bridgehead atoms. The lowest BCUT2D eigenvalue weighted by Crippen LogP contribution is -2.41. The topological polar surface area (TPSA) is 68.5 Å². The number of piperidine rings is 1. The highest BCUT2D eigenvalue weighted by molar-refractivity contribution is 5.78. The van der Waals surface area contributed by atoms with Crippen LogP contribution in [0.4, 0.5) is 17.6 Å². The maximum Gasteiger partial charge on any atom is 0.470 e. The molecule has 1 saturated heterocycles. The molecule has 0 N–H and O–H groups in total. The number of halogens is 4.